The van der Waals surface area contributed by atoms with Gasteiger partial charge in [-0.1, -0.05) is 25.6 Å². The summed E-state index contributed by atoms with van der Waals surface area (Å²) in [5.41, 5.74) is 4.78. The molecule has 7 aromatic rings. The van der Waals surface area contributed by atoms with Crippen LogP contribution >= 0.6 is 71.8 Å². The van der Waals surface area contributed by atoms with Crippen molar-refractivity contribution in [1.29, 1.82) is 5.26 Å². The third kappa shape index (κ3) is 26.5. The molecule has 0 bridgehead atoms. The van der Waals surface area contributed by atoms with Gasteiger partial charge in [-0.2, -0.15) is 5.26 Å². The second-order valence-electron chi connectivity index (χ2n) is 22.3. The Morgan fingerprint density at radius 2 is 1.06 bits per heavy atom. The van der Waals surface area contributed by atoms with Gasteiger partial charge in [-0.15, -0.1) is 24.0 Å². The predicted molar refractivity (Wildman–Crippen MR) is 370 cm³/mol. The van der Waals surface area contributed by atoms with Crippen LogP contribution in [0.5, 0.6) is 0 Å². The van der Waals surface area contributed by atoms with Gasteiger partial charge in [0.15, 0.2) is 11.6 Å². The monoisotopic (exact) mass is 1580 g/mol. The summed E-state index contributed by atoms with van der Waals surface area (Å²) in [6.07, 6.45) is 2.37. The van der Waals surface area contributed by atoms with Gasteiger partial charge >= 0.3 is 109 Å². The number of carbonyl (C=O) groups is 4. The molecule has 1 N–H and O–H groups in total. The fraction of sp³-hybridized carbons (Fsp3) is 0.469. The molecule has 2 atom stereocenters. The molecule has 12 rings (SSSR count). The quantitative estimate of drug-likeness (QED) is 0.0315. The van der Waals surface area contributed by atoms with Crippen molar-refractivity contribution in [2.45, 2.75) is 105 Å². The molecule has 10 heterocycles. The van der Waals surface area contributed by atoms with E-state index in [1.165, 1.54) is 6.92 Å². The van der Waals surface area contributed by atoms with E-state index in [2.05, 4.69) is 119 Å². The van der Waals surface area contributed by atoms with E-state index in [4.69, 9.17) is 46.1 Å². The van der Waals surface area contributed by atoms with Gasteiger partial charge in [0.05, 0.1) is 65.9 Å². The Balaban J connectivity index is 0.000000425. The molecule has 30 heteroatoms. The van der Waals surface area contributed by atoms with E-state index in [1.807, 2.05) is 93.6 Å². The number of nitrogens with one attached hydrogen (secondary N) is 1. The largest absolute Gasteiger partial charge is 1.00 e. The fourth-order valence-electron chi connectivity index (χ4n) is 10.1. The zero-order valence-corrected chi connectivity index (χ0v) is 66.5. The first-order valence-corrected chi connectivity index (χ1v) is 32.6. The number of hydrogen-bond acceptors (Lipinski definition) is 20. The fourth-order valence-corrected chi connectivity index (χ4v) is 11.3. The SMILES string of the molecule is Brc1cccc(N2CCNCC2)n1.C.CC#N.CC(=O)c1ccc2nc(CCl)n(C[C@@H]3CCO3)c2c1.CC(=O)c1ccc2nc(CN3CCN(c4cccc(Br)n4)CC3)n(C[C@@H]3CCO3)c2c1.CC(C)(C)OC(=O)N1CCN(c2cccc(Br)n2)CC1.Cl.O=CO[O-].[H-].[K+].[K+]. The number of rotatable bonds is 13. The number of fused-ring (bicyclic) bond motifs is 2. The van der Waals surface area contributed by atoms with Gasteiger partial charge in [-0.25, -0.2) is 29.7 Å². The maximum absolute atomic E-state index is 12.0. The van der Waals surface area contributed by atoms with Crippen molar-refractivity contribution in [3.63, 3.8) is 0 Å². The van der Waals surface area contributed by atoms with Crippen LogP contribution in [0.4, 0.5) is 22.2 Å². The summed E-state index contributed by atoms with van der Waals surface area (Å²) >= 11 is 16.2. The number of amides is 1. The Kier molecular flexibility index (Phi) is 39.3. The number of benzene rings is 2. The molecular formula is C64H83Br3Cl2K2N14O9. The molecule has 5 aliphatic rings. The summed E-state index contributed by atoms with van der Waals surface area (Å²) in [5, 5.41) is 19.1. The van der Waals surface area contributed by atoms with Gasteiger partial charge in [0.2, 0.25) is 0 Å². The molecule has 500 valence electrons. The smallest absolute Gasteiger partial charge is 1.00 e. The van der Waals surface area contributed by atoms with E-state index >= 15 is 0 Å². The van der Waals surface area contributed by atoms with Crippen molar-refractivity contribution >= 4 is 135 Å². The zero-order valence-electron chi connectivity index (χ0n) is 54.9. The summed E-state index contributed by atoms with van der Waals surface area (Å²) in [7, 11) is 0. The molecule has 94 heavy (non-hydrogen) atoms. The second-order valence-corrected chi connectivity index (χ2v) is 25.0. The number of hydrogen-bond donors (Lipinski definition) is 1. The number of pyridine rings is 3. The van der Waals surface area contributed by atoms with Crippen molar-refractivity contribution in [2.75, 3.05) is 106 Å². The number of Topliss-reactive ketones (excluding diaryl/α,β-unsaturated/α-hetero) is 2. The maximum atomic E-state index is 12.0. The van der Waals surface area contributed by atoms with Crippen LogP contribution in [0.1, 0.15) is 95.6 Å². The Hall–Kier alpha value is -3.11. The number of piperazine rings is 3. The first kappa shape index (κ1) is 85.1. The topological polar surface area (TPSA) is 255 Å². The van der Waals surface area contributed by atoms with Crippen LogP contribution < -0.4 is 128 Å². The summed E-state index contributed by atoms with van der Waals surface area (Å²) in [5.74, 6) is 5.37. The van der Waals surface area contributed by atoms with Gasteiger partial charge in [0, 0.05) is 110 Å². The Morgan fingerprint density at radius 1 is 0.681 bits per heavy atom. The van der Waals surface area contributed by atoms with Crippen LogP contribution in [0.25, 0.3) is 22.1 Å². The normalized spacial score (nSPS) is 16.4. The molecule has 0 saturated carbocycles. The van der Waals surface area contributed by atoms with Gasteiger partial charge in [-0.3, -0.25) is 19.3 Å². The molecule has 5 fully saturated rings. The minimum absolute atomic E-state index is 0. The van der Waals surface area contributed by atoms with Crippen LogP contribution in [-0.4, -0.2) is 178 Å². The summed E-state index contributed by atoms with van der Waals surface area (Å²) in [6, 6.07) is 31.0. The number of aromatic nitrogens is 7. The standard InChI is InChI=1S/C23H26BrN5O2.C14H20BrN3O2.C14H15ClN2O2.C9H12BrN3.C2H3N.CH2O3.CH4.ClH.2K.H/c1-16(30)17-5-6-19-20(13-17)29(14-18-7-12-31-18)23(25-19)15-27-8-10-28(11-9-27)22-4-2-3-21(24)26-22;1-14(2,3)20-13(19)18-9-7-17(8-10-18)12-6-4-5-11(15)16-12;1-9(18)10-2-3-12-13(6-10)17(14(7-15)16-12)8-11-4-5-19-11;10-8-2-1-3-9(12-8)13-6-4-11-5-7-13;1-2-3;2-1-4-3;;;;;/h2-6,13,18H,7-12,14-15H2,1H3;4-6H,7-10H2,1-3H3;2-3,6,11H,4-5,7-8H2,1H3;1-3,11H,4-7H2;1H3;1,3H;1H4;1H;;;/q;;;;;;;;2*+1;-1/p-1/t18-;;11-;;;;;;;;/m0.0......../s1. The van der Waals surface area contributed by atoms with Crippen LogP contribution in [0.3, 0.4) is 0 Å². The maximum Gasteiger partial charge on any atom is 1.00 e. The molecule has 0 aliphatic carbocycles. The number of ether oxygens (including phenoxy) is 3. The number of carbonyl (C=O) groups excluding carboxylic acids is 4. The Morgan fingerprint density at radius 3 is 1.41 bits per heavy atom. The van der Waals surface area contributed by atoms with E-state index in [1.54, 1.807) is 30.9 Å². The van der Waals surface area contributed by atoms with Crippen LogP contribution in [0.15, 0.2) is 105 Å². The van der Waals surface area contributed by atoms with Crippen molar-refractivity contribution < 1.29 is 148 Å². The van der Waals surface area contributed by atoms with Crippen molar-refractivity contribution in [2.24, 2.45) is 0 Å². The first-order valence-electron chi connectivity index (χ1n) is 29.7. The molecule has 5 saturated heterocycles. The molecule has 5 aliphatic heterocycles. The number of nitriles is 1. The van der Waals surface area contributed by atoms with Gasteiger partial charge < -0.3 is 59.8 Å². The zero-order chi connectivity index (χ0) is 64.7. The molecular weight excluding hydrogens is 1500 g/mol. The van der Waals surface area contributed by atoms with Gasteiger partial charge in [0.25, 0.3) is 6.47 Å². The molecule has 5 aromatic heterocycles. The number of nitrogens with zero attached hydrogens (tertiary/aromatic N) is 13. The van der Waals surface area contributed by atoms with Crippen LogP contribution in [0, 0.1) is 11.3 Å². The molecule has 1 amide bonds. The molecule has 2 aromatic carbocycles. The van der Waals surface area contributed by atoms with Crippen LogP contribution in [0.2, 0.25) is 0 Å². The van der Waals surface area contributed by atoms with E-state index in [-0.39, 0.29) is 160 Å². The number of imidazole rings is 2. The third-order valence-corrected chi connectivity index (χ3v) is 16.4. The van der Waals surface area contributed by atoms with Crippen molar-refractivity contribution in [1.82, 2.24) is 49.2 Å². The number of halogens is 5. The van der Waals surface area contributed by atoms with Gasteiger partial charge in [0.1, 0.15) is 48.5 Å². The number of alkyl halides is 1. The summed E-state index contributed by atoms with van der Waals surface area (Å²) in [6.45, 7) is 24.9. The van der Waals surface area contributed by atoms with Crippen LogP contribution in [-0.2, 0) is 49.4 Å². The average Bonchev–Trinajstić information content (AvgIpc) is 1.68. The van der Waals surface area contributed by atoms with E-state index in [9.17, 15) is 14.4 Å². The number of ketones is 2. The Labute approximate surface area is 674 Å². The minimum atomic E-state index is -0.444. The van der Waals surface area contributed by atoms with E-state index < -0.39 is 5.60 Å². The van der Waals surface area contributed by atoms with Gasteiger partial charge in [-0.05, 0) is 168 Å². The summed E-state index contributed by atoms with van der Waals surface area (Å²) < 4.78 is 23.5. The third-order valence-electron chi connectivity index (χ3n) is 14.8. The van der Waals surface area contributed by atoms with Crippen molar-refractivity contribution in [3.05, 3.63) is 128 Å². The van der Waals surface area contributed by atoms with Crippen molar-refractivity contribution in [3.8, 4) is 6.07 Å². The molecule has 23 nitrogen and oxygen atoms in total. The minimum Gasteiger partial charge on any atom is -1.00 e. The first-order chi connectivity index (χ1) is 43.3. The summed E-state index contributed by atoms with van der Waals surface area (Å²) in [4.78, 5) is 80.5. The van der Waals surface area contributed by atoms with E-state index in [0.717, 1.165) is 182 Å². The van der Waals surface area contributed by atoms with E-state index in [0.29, 0.717) is 24.5 Å². The predicted octanol–water partition coefficient (Wildman–Crippen LogP) is 4.57. The average molecular weight is 1580 g/mol. The molecule has 0 unspecified atom stereocenters. The molecule has 0 radical (unpaired) electrons. The second kappa shape index (κ2) is 43.4. The molecule has 0 spiro atoms. The Bertz CT molecular complexity index is 3550. The number of anilines is 3.